The average molecular weight is 1820 g/mol. The van der Waals surface area contributed by atoms with Gasteiger partial charge in [0, 0.05) is 18.8 Å². The Labute approximate surface area is 778 Å². The Kier molecular flexibility index (Phi) is 32.5. The summed E-state index contributed by atoms with van der Waals surface area (Å²) in [6.45, 7) is 14.1. The Morgan fingerprint density at radius 2 is 0.709 bits per heavy atom. The van der Waals surface area contributed by atoms with E-state index >= 15 is 0 Å². The average Bonchev–Trinajstić information content (AvgIpc) is 1.63. The predicted molar refractivity (Wildman–Crippen MR) is 520 cm³/mol. The Morgan fingerprint density at radius 1 is 0.373 bits per heavy atom. The van der Waals surface area contributed by atoms with Crippen molar-refractivity contribution in [3.63, 3.8) is 0 Å². The van der Waals surface area contributed by atoms with Gasteiger partial charge in [0.25, 0.3) is 6.47 Å². The molecule has 0 radical (unpaired) electrons. The summed E-state index contributed by atoms with van der Waals surface area (Å²) >= 11 is 0. The zero-order valence-electron chi connectivity index (χ0n) is 78.0. The molecule has 26 heteroatoms. The number of nitrogens with zero attached hydrogens (tertiary/aromatic N) is 1. The van der Waals surface area contributed by atoms with E-state index in [1.807, 2.05) is 182 Å². The minimum atomic E-state index is -0.384. The first kappa shape index (κ1) is 97.4. The van der Waals surface area contributed by atoms with Crippen LogP contribution >= 0.6 is 0 Å². The van der Waals surface area contributed by atoms with Gasteiger partial charge < -0.3 is 97.7 Å². The van der Waals surface area contributed by atoms with Crippen LogP contribution in [0.2, 0.25) is 0 Å². The molecule has 4 amide bonds. The van der Waals surface area contributed by atoms with Crippen LogP contribution in [0.5, 0.6) is 74.7 Å². The van der Waals surface area contributed by atoms with Gasteiger partial charge in [-0.05, 0) is 358 Å². The van der Waals surface area contributed by atoms with Crippen LogP contribution in [-0.4, -0.2) is 141 Å². The number of allylic oxidation sites excluding steroid dienone is 8. The number of ether oxygens (including phenoxy) is 10. The number of halogens is 1. The first-order chi connectivity index (χ1) is 64.5. The second-order valence-corrected chi connectivity index (χ2v) is 32.1. The highest BCUT2D eigenvalue weighted by molar-refractivity contribution is 6.13. The number of furan rings is 2. The normalized spacial score (nSPS) is 13.8. The number of rotatable bonds is 31. The summed E-state index contributed by atoms with van der Waals surface area (Å²) in [7, 11) is 17.8. The molecule has 4 aliphatic rings. The number of carbonyl (C=O) groups is 5. The number of hydrogen-bond donors (Lipinski definition) is 7. The number of phenolic OH excluding ortho intramolecular Hbond substituents is 3. The second-order valence-electron chi connectivity index (χ2n) is 32.1. The largest absolute Gasteiger partial charge is 0.507 e. The van der Waals surface area contributed by atoms with Crippen LogP contribution in [-0.2, 0) is 37.1 Å². The van der Waals surface area contributed by atoms with Crippen LogP contribution in [0.1, 0.15) is 143 Å². The van der Waals surface area contributed by atoms with Gasteiger partial charge in [0.1, 0.15) is 40.3 Å². The smallest absolute Gasteiger partial charge is 0.298 e. The molecule has 9 aromatic carbocycles. The summed E-state index contributed by atoms with van der Waals surface area (Å²) in [5.41, 5.74) is 24.7. The third kappa shape index (κ3) is 23.0. The van der Waals surface area contributed by atoms with E-state index in [1.165, 1.54) is 54.8 Å². The molecule has 0 fully saturated rings. The predicted octanol–water partition coefficient (Wildman–Crippen LogP) is 20.2. The fraction of sp³-hybridized carbons (Fsp3) is 0.231. The molecule has 0 spiro atoms. The topological polar surface area (TPSA) is 316 Å². The number of amides is 4. The molecule has 0 atom stereocenters. The van der Waals surface area contributed by atoms with E-state index in [2.05, 4.69) is 27.3 Å². The maximum atomic E-state index is 14.2. The number of methoxy groups -OCH3 is 9. The molecule has 134 heavy (non-hydrogen) atoms. The number of para-hydroxylation sites is 1. The van der Waals surface area contributed by atoms with Crippen LogP contribution in [0.15, 0.2) is 220 Å². The van der Waals surface area contributed by atoms with Gasteiger partial charge >= 0.3 is 0 Å². The Balaban J connectivity index is 0.000000161. The lowest BCUT2D eigenvalue weighted by atomic mass is 9.98. The van der Waals surface area contributed by atoms with Gasteiger partial charge in [0.15, 0.2) is 34.5 Å². The van der Waals surface area contributed by atoms with E-state index in [0.717, 1.165) is 169 Å². The zero-order chi connectivity index (χ0) is 96.1. The molecular formula is C108H110FN5O20. The highest BCUT2D eigenvalue weighted by atomic mass is 19.1. The third-order valence-electron chi connectivity index (χ3n) is 23.3. The minimum Gasteiger partial charge on any atom is -0.507 e. The number of nitrogens with one attached hydrogen (secondary N) is 4. The van der Waals surface area contributed by atoms with Crippen molar-refractivity contribution in [2.75, 3.05) is 96.5 Å². The van der Waals surface area contributed by atoms with Crippen molar-refractivity contribution in [2.24, 2.45) is 0 Å². The number of anilines is 1. The highest BCUT2D eigenvalue weighted by Crippen LogP contribution is 2.52. The fourth-order valence-corrected chi connectivity index (χ4v) is 16.4. The molecule has 2 aromatic heterocycles. The molecule has 15 rings (SSSR count). The highest BCUT2D eigenvalue weighted by Gasteiger charge is 2.32. The van der Waals surface area contributed by atoms with E-state index in [9.17, 15) is 43.7 Å². The molecule has 7 N–H and O–H groups in total. The fourth-order valence-electron chi connectivity index (χ4n) is 16.4. The van der Waals surface area contributed by atoms with Crippen molar-refractivity contribution in [3.05, 3.63) is 306 Å². The lowest BCUT2D eigenvalue weighted by molar-refractivity contribution is -0.121. The molecular weight excluding hydrogens is 1710 g/mol. The monoisotopic (exact) mass is 1820 g/mol. The number of likely N-dealkylation sites (N-methyl/N-ethyl adjacent to an activating group) is 1. The van der Waals surface area contributed by atoms with E-state index in [4.69, 9.17) is 56.2 Å². The Hall–Kier alpha value is -15.7. The molecule has 0 unspecified atom stereocenters. The zero-order valence-corrected chi connectivity index (χ0v) is 78.0. The van der Waals surface area contributed by atoms with E-state index in [0.29, 0.717) is 76.7 Å². The quantitative estimate of drug-likeness (QED) is 0.0199. The SMILES string of the molecule is COc1cc(/C=C2/C(C)=C(CC(=O)NCc3ccco3)c3cc(F)ccc32)cc(OC)c1OC=O.COc1ccc2c(c1)C(CC(=O)NCCN(C)C)=C(C)/C2=C/c1cc(OC)c(O)c(OC)c1.COc1ccc2c(c1)C(CC(=O)NCc1ccco1)=C(C)/C2=C/c1cc(C)c(O)c(C)c1.COc1ccc2c(c1)C(CC(=O)Nc1ccccc1)=C(C)/C2=C/c1cc(OC)c(O)c(OC)c1. The lowest BCUT2D eigenvalue weighted by Crippen LogP contribution is -2.31. The molecule has 25 nitrogen and oxygen atoms in total. The number of fused-ring (bicyclic) bond motifs is 4. The minimum absolute atomic E-state index is 0.0193. The number of hydrogen-bond acceptors (Lipinski definition) is 21. The van der Waals surface area contributed by atoms with Crippen LogP contribution in [0.25, 0.3) is 68.9 Å². The van der Waals surface area contributed by atoms with Gasteiger partial charge in [0.05, 0.1) is 115 Å². The van der Waals surface area contributed by atoms with Crippen LogP contribution in [0.4, 0.5) is 10.1 Å². The molecule has 0 aliphatic heterocycles. The van der Waals surface area contributed by atoms with Gasteiger partial charge in [-0.25, -0.2) is 4.39 Å². The molecule has 0 saturated carbocycles. The van der Waals surface area contributed by atoms with Crippen LogP contribution in [0, 0.1) is 19.7 Å². The van der Waals surface area contributed by atoms with Crippen molar-refractivity contribution in [1.82, 2.24) is 20.9 Å². The first-order valence-corrected chi connectivity index (χ1v) is 43.0. The second kappa shape index (κ2) is 44.7. The van der Waals surface area contributed by atoms with Crippen molar-refractivity contribution in [1.29, 1.82) is 0 Å². The molecule has 2 heterocycles. The number of aryl methyl sites for hydroxylation is 2. The first-order valence-electron chi connectivity index (χ1n) is 43.0. The molecule has 694 valence electrons. The summed E-state index contributed by atoms with van der Waals surface area (Å²) < 4.78 is 78.1. The summed E-state index contributed by atoms with van der Waals surface area (Å²) in [5, 5.41) is 42.4. The number of benzene rings is 9. The van der Waals surface area contributed by atoms with E-state index in [1.54, 1.807) is 94.5 Å². The number of phenols is 3. The van der Waals surface area contributed by atoms with Gasteiger partial charge in [-0.1, -0.05) is 42.5 Å². The van der Waals surface area contributed by atoms with Gasteiger partial charge in [-0.3, -0.25) is 24.0 Å². The van der Waals surface area contributed by atoms with Gasteiger partial charge in [-0.2, -0.15) is 0 Å². The van der Waals surface area contributed by atoms with Crippen molar-refractivity contribution in [3.8, 4) is 74.7 Å². The molecule has 0 bridgehead atoms. The maximum absolute atomic E-state index is 14.2. The maximum Gasteiger partial charge on any atom is 0.298 e. The Morgan fingerprint density at radius 3 is 1.04 bits per heavy atom. The Bertz CT molecular complexity index is 6410. The summed E-state index contributed by atoms with van der Waals surface area (Å²) in [6.07, 6.45) is 12.0. The van der Waals surface area contributed by atoms with Crippen molar-refractivity contribution >= 4 is 105 Å². The van der Waals surface area contributed by atoms with Gasteiger partial charge in [-0.15, -0.1) is 0 Å². The summed E-state index contributed by atoms with van der Waals surface area (Å²) in [6, 6.07) is 53.2. The number of aromatic hydroxyl groups is 3. The standard InChI is InChI=1S/C28H27NO5.C27H24FNO6.C27H27NO4.C26H32N2O5/c1-17-22(12-18-13-25(33-3)28(31)26(14-18)34-4)21-11-10-20(32-2)15-24(21)23(17)16-27(30)29-19-8-6-5-7-9-19;1-16-21(9-17-10-24(32-2)27(35-15-30)25(11-17)33-3)20-7-6-18(28)12-23(20)22(16)13-26(31)29-14-19-5-4-8-34-19;1-16-10-19(11-17(2)27(16)30)12-23-18(3)24(25-13-20(31-4)7-8-22(23)25)14-26(29)28-15-21-6-5-9-32-21;1-16-20(11-17-12-23(32-5)26(30)24(13-17)33-6)19-8-7-18(31-4)14-22(19)21(16)15-25(29)27-9-10-28(2)3/h5-15,31H,16H2,1-4H3,(H,29,30);4-12,15H,13-14H2,1-3H3,(H,29,31);5-13,30H,14-15H2,1-4H3,(H,28,29);7-8,11-14,30H,9-10,15H2,1-6H3,(H,27,29)/b22-12-;21-9-;23-12-;20-11-. The van der Waals surface area contributed by atoms with Crippen molar-refractivity contribution in [2.45, 2.75) is 80.3 Å². The third-order valence-corrected chi connectivity index (χ3v) is 23.3. The number of carbonyl (C=O) groups excluding carboxylic acids is 5. The van der Waals surface area contributed by atoms with E-state index < -0.39 is 0 Å². The van der Waals surface area contributed by atoms with Crippen LogP contribution in [0.3, 0.4) is 0 Å². The molecule has 11 aromatic rings. The molecule has 0 saturated heterocycles. The van der Waals surface area contributed by atoms with Crippen LogP contribution < -0.4 is 68.6 Å². The molecule has 4 aliphatic carbocycles. The van der Waals surface area contributed by atoms with E-state index in [-0.39, 0.29) is 78.9 Å². The van der Waals surface area contributed by atoms with Gasteiger partial charge in [0.2, 0.25) is 40.9 Å². The summed E-state index contributed by atoms with van der Waals surface area (Å²) in [5.74, 6) is 5.16. The lowest BCUT2D eigenvalue weighted by Gasteiger charge is -2.13. The summed E-state index contributed by atoms with van der Waals surface area (Å²) in [4.78, 5) is 63.9. The van der Waals surface area contributed by atoms with Crippen molar-refractivity contribution < 1.29 is 99.9 Å².